The summed E-state index contributed by atoms with van der Waals surface area (Å²) in [7, 11) is 5.65. The number of fused-ring (bicyclic) bond motifs is 1. The molecule has 2 saturated heterocycles. The molecule has 2 atom stereocenters. The van der Waals surface area contributed by atoms with Gasteiger partial charge in [0.15, 0.2) is 0 Å². The molecule has 6 heteroatoms. The van der Waals surface area contributed by atoms with Crippen LogP contribution in [0.5, 0.6) is 0 Å². The zero-order chi connectivity index (χ0) is 14.2. The van der Waals surface area contributed by atoms with Crippen molar-refractivity contribution in [3.63, 3.8) is 0 Å². The Balaban J connectivity index is 2.14. The van der Waals surface area contributed by atoms with E-state index < -0.39 is 0 Å². The smallest absolute Gasteiger partial charge is 0.410 e. The molecule has 0 spiro atoms. The van der Waals surface area contributed by atoms with Crippen LogP contribution in [-0.2, 0) is 9.53 Å². The highest BCUT2D eigenvalue weighted by atomic mass is 16.6. The zero-order valence-corrected chi connectivity index (χ0v) is 12.2. The first kappa shape index (κ1) is 14.1. The van der Waals surface area contributed by atoms with Gasteiger partial charge in [-0.15, -0.1) is 0 Å². The highest BCUT2D eigenvalue weighted by Gasteiger charge is 2.55. The van der Waals surface area contributed by atoms with E-state index in [0.717, 1.165) is 25.9 Å². The van der Waals surface area contributed by atoms with E-state index in [1.165, 1.54) is 0 Å². The summed E-state index contributed by atoms with van der Waals surface area (Å²) >= 11 is 0. The molecule has 0 aromatic carbocycles. The molecule has 0 aromatic heterocycles. The molecule has 2 amide bonds. The largest absolute Gasteiger partial charge is 0.443 e. The number of likely N-dealkylation sites (N-methyl/N-ethyl adjacent to an activating group) is 2. The summed E-state index contributed by atoms with van der Waals surface area (Å²) in [5.41, 5.74) is -0.298. The summed E-state index contributed by atoms with van der Waals surface area (Å²) in [6, 6.07) is 0. The molecule has 2 unspecified atom stereocenters. The van der Waals surface area contributed by atoms with Crippen LogP contribution in [0.2, 0.25) is 0 Å². The van der Waals surface area contributed by atoms with E-state index in [1.54, 1.807) is 30.8 Å². The molecule has 0 bridgehead atoms. The van der Waals surface area contributed by atoms with Crippen LogP contribution in [0.3, 0.4) is 0 Å². The Hall–Kier alpha value is -1.30. The molecule has 2 heterocycles. The lowest BCUT2D eigenvalue weighted by Gasteiger charge is -2.44. The fraction of sp³-hybridized carbons (Fsp3) is 0.846. The third-order valence-electron chi connectivity index (χ3n) is 4.52. The van der Waals surface area contributed by atoms with E-state index in [-0.39, 0.29) is 23.6 Å². The lowest BCUT2D eigenvalue weighted by atomic mass is 9.82. The van der Waals surface area contributed by atoms with Crippen LogP contribution < -0.4 is 0 Å². The summed E-state index contributed by atoms with van der Waals surface area (Å²) in [4.78, 5) is 28.8. The van der Waals surface area contributed by atoms with Gasteiger partial charge in [-0.3, -0.25) is 4.79 Å². The number of ether oxygens (including phenoxy) is 1. The SMILES string of the molecule is CC(=O)N(C)CCC12CN(C)CCC1OC(=O)N2C. The number of hydrogen-bond acceptors (Lipinski definition) is 4. The lowest BCUT2D eigenvalue weighted by molar-refractivity contribution is -0.128. The molecule has 2 aliphatic rings. The van der Waals surface area contributed by atoms with Crippen LogP contribution in [0.25, 0.3) is 0 Å². The summed E-state index contributed by atoms with van der Waals surface area (Å²) in [5, 5.41) is 0. The van der Waals surface area contributed by atoms with Gasteiger partial charge in [0.25, 0.3) is 0 Å². The second kappa shape index (κ2) is 5.00. The fourth-order valence-corrected chi connectivity index (χ4v) is 3.05. The number of nitrogens with zero attached hydrogens (tertiary/aromatic N) is 3. The van der Waals surface area contributed by atoms with Crippen LogP contribution in [0.1, 0.15) is 19.8 Å². The number of likely N-dealkylation sites (tertiary alicyclic amines) is 1. The number of carbonyl (C=O) groups excluding carboxylic acids is 2. The first-order valence-corrected chi connectivity index (χ1v) is 6.71. The van der Waals surface area contributed by atoms with E-state index in [9.17, 15) is 9.59 Å². The minimum Gasteiger partial charge on any atom is -0.443 e. The van der Waals surface area contributed by atoms with Gasteiger partial charge in [-0.2, -0.15) is 0 Å². The third-order valence-corrected chi connectivity index (χ3v) is 4.52. The van der Waals surface area contributed by atoms with Crippen molar-refractivity contribution in [2.45, 2.75) is 31.4 Å². The molecule has 0 saturated carbocycles. The first-order chi connectivity index (χ1) is 8.86. The Kier molecular flexibility index (Phi) is 3.71. The minimum atomic E-state index is -0.298. The van der Waals surface area contributed by atoms with Crippen LogP contribution in [0, 0.1) is 0 Å². The Bertz CT molecular complexity index is 387. The van der Waals surface area contributed by atoms with Crippen molar-refractivity contribution >= 4 is 12.0 Å². The van der Waals surface area contributed by atoms with Gasteiger partial charge in [0.05, 0.1) is 5.54 Å². The van der Waals surface area contributed by atoms with Gasteiger partial charge < -0.3 is 19.4 Å². The quantitative estimate of drug-likeness (QED) is 0.743. The molecule has 0 radical (unpaired) electrons. The fourth-order valence-electron chi connectivity index (χ4n) is 3.05. The average molecular weight is 269 g/mol. The van der Waals surface area contributed by atoms with Gasteiger partial charge in [-0.25, -0.2) is 4.79 Å². The maximum absolute atomic E-state index is 11.8. The number of piperidine rings is 1. The Morgan fingerprint density at radius 1 is 1.53 bits per heavy atom. The topological polar surface area (TPSA) is 53.1 Å². The van der Waals surface area contributed by atoms with Crippen molar-refractivity contribution in [2.75, 3.05) is 40.8 Å². The molecule has 2 fully saturated rings. The number of carbonyl (C=O) groups is 2. The summed E-state index contributed by atoms with van der Waals surface area (Å²) in [6.07, 6.45) is 1.31. The minimum absolute atomic E-state index is 0.0463. The van der Waals surface area contributed by atoms with E-state index in [4.69, 9.17) is 4.74 Å². The Morgan fingerprint density at radius 2 is 2.21 bits per heavy atom. The second-order valence-electron chi connectivity index (χ2n) is 5.75. The summed E-state index contributed by atoms with van der Waals surface area (Å²) in [6.45, 7) is 3.94. The zero-order valence-electron chi connectivity index (χ0n) is 12.2. The predicted octanol–water partition coefficient (Wildman–Crippen LogP) is 0.380. The van der Waals surface area contributed by atoms with Gasteiger partial charge in [0, 0.05) is 40.7 Å². The highest BCUT2D eigenvalue weighted by molar-refractivity contribution is 5.73. The van der Waals surface area contributed by atoms with Crippen molar-refractivity contribution in [3.05, 3.63) is 0 Å². The van der Waals surface area contributed by atoms with Crippen LogP contribution >= 0.6 is 0 Å². The molecule has 2 rings (SSSR count). The van der Waals surface area contributed by atoms with Gasteiger partial charge >= 0.3 is 6.09 Å². The number of amides is 2. The average Bonchev–Trinajstić information content (AvgIpc) is 2.60. The molecule has 108 valence electrons. The van der Waals surface area contributed by atoms with E-state index in [1.807, 2.05) is 0 Å². The standard InChI is InChI=1S/C13H23N3O3/c1-10(17)15(3)8-6-13-9-14(2)7-5-11(13)19-12(18)16(13)4/h11H,5-9H2,1-4H3. The monoisotopic (exact) mass is 269 g/mol. The molecule has 0 aliphatic carbocycles. The molecule has 0 N–H and O–H groups in total. The normalized spacial score (nSPS) is 31.1. The van der Waals surface area contributed by atoms with Gasteiger partial charge in [-0.1, -0.05) is 0 Å². The van der Waals surface area contributed by atoms with E-state index >= 15 is 0 Å². The third kappa shape index (κ3) is 2.41. The Labute approximate surface area is 114 Å². The summed E-state index contributed by atoms with van der Waals surface area (Å²) in [5.74, 6) is 0.0463. The van der Waals surface area contributed by atoms with Crippen LogP contribution in [0.15, 0.2) is 0 Å². The Morgan fingerprint density at radius 3 is 2.84 bits per heavy atom. The van der Waals surface area contributed by atoms with Crippen molar-refractivity contribution in [2.24, 2.45) is 0 Å². The van der Waals surface area contributed by atoms with Gasteiger partial charge in [0.1, 0.15) is 6.10 Å². The van der Waals surface area contributed by atoms with E-state index in [0.29, 0.717) is 6.54 Å². The maximum Gasteiger partial charge on any atom is 0.410 e. The molecule has 19 heavy (non-hydrogen) atoms. The van der Waals surface area contributed by atoms with Crippen LogP contribution in [0.4, 0.5) is 4.79 Å². The van der Waals surface area contributed by atoms with Crippen LogP contribution in [-0.4, -0.2) is 79.1 Å². The number of rotatable bonds is 3. The lowest BCUT2D eigenvalue weighted by Crippen LogP contribution is -2.61. The van der Waals surface area contributed by atoms with Gasteiger partial charge in [0.2, 0.25) is 5.91 Å². The molecule has 6 nitrogen and oxygen atoms in total. The molecular weight excluding hydrogens is 246 g/mol. The van der Waals surface area contributed by atoms with Crippen molar-refractivity contribution in [1.82, 2.24) is 14.7 Å². The molecule has 0 aromatic rings. The van der Waals surface area contributed by atoms with Crippen molar-refractivity contribution < 1.29 is 14.3 Å². The summed E-state index contributed by atoms with van der Waals surface area (Å²) < 4.78 is 5.48. The highest BCUT2D eigenvalue weighted by Crippen LogP contribution is 2.37. The first-order valence-electron chi connectivity index (χ1n) is 6.71. The predicted molar refractivity (Wildman–Crippen MR) is 70.8 cm³/mol. The maximum atomic E-state index is 11.8. The molecule has 2 aliphatic heterocycles. The number of hydrogen-bond donors (Lipinski definition) is 0. The van der Waals surface area contributed by atoms with Crippen molar-refractivity contribution in [3.8, 4) is 0 Å². The van der Waals surface area contributed by atoms with E-state index in [2.05, 4.69) is 11.9 Å². The van der Waals surface area contributed by atoms with Crippen molar-refractivity contribution in [1.29, 1.82) is 0 Å². The van der Waals surface area contributed by atoms with Gasteiger partial charge in [-0.05, 0) is 19.9 Å². The second-order valence-corrected chi connectivity index (χ2v) is 5.75. The molecular formula is C13H23N3O3.